The van der Waals surface area contributed by atoms with Gasteiger partial charge in [-0.1, -0.05) is 6.07 Å². The van der Waals surface area contributed by atoms with E-state index in [9.17, 15) is 10.1 Å². The van der Waals surface area contributed by atoms with Crippen LogP contribution in [0.4, 0.5) is 5.69 Å². The molecule has 2 aromatic carbocycles. The van der Waals surface area contributed by atoms with Crippen LogP contribution in [0.1, 0.15) is 24.0 Å². The Morgan fingerprint density at radius 2 is 1.96 bits per heavy atom. The number of benzene rings is 2. The first-order valence-corrected chi connectivity index (χ1v) is 9.01. The van der Waals surface area contributed by atoms with Crippen molar-refractivity contribution >= 4 is 5.69 Å². The summed E-state index contributed by atoms with van der Waals surface area (Å²) in [6.45, 7) is 2.76. The quantitative estimate of drug-likeness (QED) is 0.536. The zero-order chi connectivity index (χ0) is 19.1. The van der Waals surface area contributed by atoms with Crippen molar-refractivity contribution in [2.75, 3.05) is 20.3 Å². The van der Waals surface area contributed by atoms with E-state index < -0.39 is 4.92 Å². The maximum Gasteiger partial charge on any atom is 0.269 e. The van der Waals surface area contributed by atoms with Crippen LogP contribution in [0.15, 0.2) is 42.5 Å². The van der Waals surface area contributed by atoms with Crippen LogP contribution < -0.4 is 14.8 Å². The van der Waals surface area contributed by atoms with Gasteiger partial charge in [0.05, 0.1) is 18.1 Å². The Balaban J connectivity index is 1.54. The van der Waals surface area contributed by atoms with Gasteiger partial charge in [-0.25, -0.2) is 0 Å². The first kappa shape index (κ1) is 19.1. The molecule has 1 fully saturated rings. The molecule has 7 nitrogen and oxygen atoms in total. The van der Waals surface area contributed by atoms with E-state index in [4.69, 9.17) is 14.2 Å². The van der Waals surface area contributed by atoms with Crippen molar-refractivity contribution in [3.8, 4) is 11.5 Å². The van der Waals surface area contributed by atoms with Gasteiger partial charge in [0.25, 0.3) is 5.69 Å². The van der Waals surface area contributed by atoms with Crippen LogP contribution >= 0.6 is 0 Å². The largest absolute Gasteiger partial charge is 0.493 e. The predicted octanol–water partition coefficient (Wildman–Crippen LogP) is 3.45. The molecule has 0 bridgehead atoms. The molecule has 1 aliphatic heterocycles. The summed E-state index contributed by atoms with van der Waals surface area (Å²) >= 11 is 0. The highest BCUT2D eigenvalue weighted by atomic mass is 16.6. The SMILES string of the molecule is COc1cc(CNCC2CCCO2)ccc1OCc1ccc([N+](=O)[O-])cc1. The number of methoxy groups -OCH3 is 1. The van der Waals surface area contributed by atoms with Gasteiger partial charge in [-0.05, 0) is 48.2 Å². The number of rotatable bonds is 9. The van der Waals surface area contributed by atoms with Crippen molar-refractivity contribution in [1.29, 1.82) is 0 Å². The number of nitrogens with one attached hydrogen (secondary N) is 1. The number of nitro groups is 1. The summed E-state index contributed by atoms with van der Waals surface area (Å²) in [5, 5.41) is 14.1. The molecule has 0 spiro atoms. The lowest BCUT2D eigenvalue weighted by Gasteiger charge is -2.14. The van der Waals surface area contributed by atoms with Crippen LogP contribution in [0.5, 0.6) is 11.5 Å². The van der Waals surface area contributed by atoms with E-state index in [1.165, 1.54) is 12.1 Å². The summed E-state index contributed by atoms with van der Waals surface area (Å²) < 4.78 is 16.9. The fraction of sp³-hybridized carbons (Fsp3) is 0.400. The fourth-order valence-electron chi connectivity index (χ4n) is 3.00. The standard InChI is InChI=1S/C20H24N2O5/c1-25-20-11-16(12-21-13-18-3-2-10-26-18)6-9-19(20)27-14-15-4-7-17(8-5-15)22(23)24/h4-9,11,18,21H,2-3,10,12-14H2,1H3. The van der Waals surface area contributed by atoms with Crippen molar-refractivity contribution in [3.05, 3.63) is 63.7 Å². The van der Waals surface area contributed by atoms with E-state index in [2.05, 4.69) is 5.32 Å². The molecule has 144 valence electrons. The van der Waals surface area contributed by atoms with Gasteiger partial charge in [-0.2, -0.15) is 0 Å². The zero-order valence-corrected chi connectivity index (χ0v) is 15.3. The molecule has 0 aliphatic carbocycles. The van der Waals surface area contributed by atoms with Gasteiger partial charge in [-0.15, -0.1) is 0 Å². The Hall–Kier alpha value is -2.64. The van der Waals surface area contributed by atoms with Crippen LogP contribution in [0.3, 0.4) is 0 Å². The molecule has 0 amide bonds. The van der Waals surface area contributed by atoms with Gasteiger partial charge in [0, 0.05) is 31.8 Å². The van der Waals surface area contributed by atoms with Crippen molar-refractivity contribution in [1.82, 2.24) is 5.32 Å². The smallest absolute Gasteiger partial charge is 0.269 e. The van der Waals surface area contributed by atoms with Crippen molar-refractivity contribution in [3.63, 3.8) is 0 Å². The van der Waals surface area contributed by atoms with Gasteiger partial charge >= 0.3 is 0 Å². The molecule has 3 rings (SSSR count). The highest BCUT2D eigenvalue weighted by Gasteiger charge is 2.14. The van der Waals surface area contributed by atoms with Crippen molar-refractivity contribution in [2.24, 2.45) is 0 Å². The number of hydrogen-bond donors (Lipinski definition) is 1. The number of hydrogen-bond acceptors (Lipinski definition) is 6. The molecule has 7 heteroatoms. The Bertz CT molecular complexity index is 757. The van der Waals surface area contributed by atoms with E-state index in [0.29, 0.717) is 24.2 Å². The third-order valence-corrected chi connectivity index (χ3v) is 4.49. The lowest BCUT2D eigenvalue weighted by Crippen LogP contribution is -2.25. The molecule has 0 aromatic heterocycles. The van der Waals surface area contributed by atoms with Crippen LogP contribution in [0.2, 0.25) is 0 Å². The minimum Gasteiger partial charge on any atom is -0.493 e. The van der Waals surface area contributed by atoms with E-state index in [1.807, 2.05) is 18.2 Å². The highest BCUT2D eigenvalue weighted by Crippen LogP contribution is 2.29. The Labute approximate surface area is 158 Å². The van der Waals surface area contributed by atoms with Gasteiger partial charge in [-0.3, -0.25) is 10.1 Å². The van der Waals surface area contributed by atoms with Gasteiger partial charge in [0.2, 0.25) is 0 Å². The summed E-state index contributed by atoms with van der Waals surface area (Å²) in [5.41, 5.74) is 2.02. The molecular formula is C20H24N2O5. The molecule has 0 saturated carbocycles. The summed E-state index contributed by atoms with van der Waals surface area (Å²) in [6, 6.07) is 12.1. The molecule has 1 unspecified atom stereocenters. The minimum atomic E-state index is -0.417. The van der Waals surface area contributed by atoms with E-state index in [-0.39, 0.29) is 5.69 Å². The zero-order valence-electron chi connectivity index (χ0n) is 15.3. The number of ether oxygens (including phenoxy) is 3. The third-order valence-electron chi connectivity index (χ3n) is 4.49. The summed E-state index contributed by atoms with van der Waals surface area (Å²) in [6.07, 6.45) is 2.57. The Morgan fingerprint density at radius 3 is 2.63 bits per heavy atom. The second-order valence-electron chi connectivity index (χ2n) is 6.46. The molecule has 1 saturated heterocycles. The molecule has 1 N–H and O–H groups in total. The van der Waals surface area contributed by atoms with Crippen molar-refractivity contribution < 1.29 is 19.1 Å². The summed E-state index contributed by atoms with van der Waals surface area (Å²) in [7, 11) is 1.61. The molecule has 27 heavy (non-hydrogen) atoms. The number of nitro benzene ring substituents is 1. The monoisotopic (exact) mass is 372 g/mol. The second-order valence-corrected chi connectivity index (χ2v) is 6.46. The average molecular weight is 372 g/mol. The number of non-ortho nitro benzene ring substituents is 1. The Morgan fingerprint density at radius 1 is 1.19 bits per heavy atom. The fourth-order valence-corrected chi connectivity index (χ4v) is 3.00. The second kappa shape index (κ2) is 9.34. The molecule has 0 radical (unpaired) electrons. The molecule has 1 atom stereocenters. The molecule has 1 aliphatic rings. The first-order chi connectivity index (χ1) is 13.2. The normalized spacial score (nSPS) is 16.3. The average Bonchev–Trinajstić information content (AvgIpc) is 3.20. The van der Waals surface area contributed by atoms with E-state index in [1.54, 1.807) is 19.2 Å². The van der Waals surface area contributed by atoms with Crippen LogP contribution in [0, 0.1) is 10.1 Å². The van der Waals surface area contributed by atoms with E-state index >= 15 is 0 Å². The minimum absolute atomic E-state index is 0.0659. The maximum atomic E-state index is 10.7. The highest BCUT2D eigenvalue weighted by molar-refractivity contribution is 5.43. The van der Waals surface area contributed by atoms with Crippen LogP contribution in [-0.4, -0.2) is 31.3 Å². The van der Waals surface area contributed by atoms with Gasteiger partial charge in [0.15, 0.2) is 11.5 Å². The molecule has 1 heterocycles. The van der Waals surface area contributed by atoms with Crippen LogP contribution in [-0.2, 0) is 17.9 Å². The number of nitrogens with zero attached hydrogens (tertiary/aromatic N) is 1. The molecule has 2 aromatic rings. The predicted molar refractivity (Wildman–Crippen MR) is 101 cm³/mol. The summed E-state index contributed by atoms with van der Waals surface area (Å²) in [4.78, 5) is 10.3. The van der Waals surface area contributed by atoms with Crippen LogP contribution in [0.25, 0.3) is 0 Å². The van der Waals surface area contributed by atoms with Gasteiger partial charge < -0.3 is 19.5 Å². The topological polar surface area (TPSA) is 82.9 Å². The third kappa shape index (κ3) is 5.42. The lowest BCUT2D eigenvalue weighted by molar-refractivity contribution is -0.384. The molecular weight excluding hydrogens is 348 g/mol. The Kier molecular flexibility index (Phi) is 6.62. The van der Waals surface area contributed by atoms with E-state index in [0.717, 1.165) is 43.7 Å². The first-order valence-electron chi connectivity index (χ1n) is 9.01. The van der Waals surface area contributed by atoms with Gasteiger partial charge in [0.1, 0.15) is 6.61 Å². The van der Waals surface area contributed by atoms with Crippen molar-refractivity contribution in [2.45, 2.75) is 32.1 Å². The maximum absolute atomic E-state index is 10.7. The lowest BCUT2D eigenvalue weighted by atomic mass is 10.2. The summed E-state index contributed by atoms with van der Waals surface area (Å²) in [5.74, 6) is 1.30.